The first-order valence-electron chi connectivity index (χ1n) is 9.85. The molecule has 3 rings (SSSR count). The van der Waals surface area contributed by atoms with Crippen molar-refractivity contribution in [2.75, 3.05) is 26.9 Å². The topological polar surface area (TPSA) is 108 Å². The Hall–Kier alpha value is -4.14. The van der Waals surface area contributed by atoms with Crippen LogP contribution in [0.4, 0.5) is 0 Å². The minimum absolute atomic E-state index is 0.211. The monoisotopic (exact) mass is 437 g/mol. The molecule has 2 aromatic carbocycles. The van der Waals surface area contributed by atoms with Gasteiger partial charge in [0.15, 0.2) is 24.7 Å². The van der Waals surface area contributed by atoms with Gasteiger partial charge < -0.3 is 18.9 Å². The lowest BCUT2D eigenvalue weighted by atomic mass is 10.2. The third-order valence-corrected chi connectivity index (χ3v) is 4.20. The van der Waals surface area contributed by atoms with E-state index in [0.717, 1.165) is 5.39 Å². The molecule has 0 aliphatic rings. The molecule has 0 fully saturated rings. The van der Waals surface area contributed by atoms with E-state index in [1.807, 2.05) is 24.3 Å². The van der Waals surface area contributed by atoms with Gasteiger partial charge in [-0.05, 0) is 42.8 Å². The molecule has 0 unspecified atom stereocenters. The summed E-state index contributed by atoms with van der Waals surface area (Å²) in [5.74, 6) is 0.431. The number of carbonyl (C=O) groups excluding carboxylic acids is 2. The van der Waals surface area contributed by atoms with E-state index in [1.54, 1.807) is 37.4 Å². The lowest BCUT2D eigenvalue weighted by Crippen LogP contribution is -2.24. The highest BCUT2D eigenvalue weighted by Crippen LogP contribution is 2.27. The van der Waals surface area contributed by atoms with Crippen LogP contribution in [0.2, 0.25) is 0 Å². The van der Waals surface area contributed by atoms with E-state index in [9.17, 15) is 9.59 Å². The second-order valence-electron chi connectivity index (χ2n) is 6.42. The fourth-order valence-corrected chi connectivity index (χ4v) is 2.77. The Labute approximate surface area is 185 Å². The third kappa shape index (κ3) is 6.18. The van der Waals surface area contributed by atoms with Gasteiger partial charge >= 0.3 is 5.97 Å². The summed E-state index contributed by atoms with van der Waals surface area (Å²) in [5.41, 5.74) is 3.75. The molecule has 1 amide bonds. The zero-order chi connectivity index (χ0) is 22.8. The van der Waals surface area contributed by atoms with Gasteiger partial charge in [-0.3, -0.25) is 9.78 Å². The maximum atomic E-state index is 12.1. The summed E-state index contributed by atoms with van der Waals surface area (Å²) in [6, 6.07) is 14.3. The molecule has 0 radical (unpaired) electrons. The van der Waals surface area contributed by atoms with Gasteiger partial charge in [0.1, 0.15) is 11.3 Å². The number of amides is 1. The van der Waals surface area contributed by atoms with Gasteiger partial charge in [0, 0.05) is 11.6 Å². The summed E-state index contributed by atoms with van der Waals surface area (Å²) >= 11 is 0. The molecular formula is C23H23N3O6. The molecule has 0 aliphatic carbocycles. The minimum Gasteiger partial charge on any atom is -0.493 e. The van der Waals surface area contributed by atoms with Crippen molar-refractivity contribution >= 4 is 29.0 Å². The van der Waals surface area contributed by atoms with E-state index in [2.05, 4.69) is 15.5 Å². The molecule has 0 bridgehead atoms. The Bertz CT molecular complexity index is 1110. The smallest absolute Gasteiger partial charge is 0.344 e. The number of para-hydroxylation sites is 1. The van der Waals surface area contributed by atoms with Crippen molar-refractivity contribution in [2.45, 2.75) is 6.92 Å². The summed E-state index contributed by atoms with van der Waals surface area (Å²) in [5, 5.41) is 4.85. The van der Waals surface area contributed by atoms with E-state index in [0.29, 0.717) is 28.3 Å². The van der Waals surface area contributed by atoms with Crippen LogP contribution in [0.1, 0.15) is 12.5 Å². The molecule has 32 heavy (non-hydrogen) atoms. The molecule has 0 atom stereocenters. The molecule has 166 valence electrons. The first-order chi connectivity index (χ1) is 15.6. The maximum Gasteiger partial charge on any atom is 0.344 e. The van der Waals surface area contributed by atoms with Crippen LogP contribution >= 0.6 is 0 Å². The van der Waals surface area contributed by atoms with E-state index in [-0.39, 0.29) is 19.8 Å². The lowest BCUT2D eigenvalue weighted by molar-refractivity contribution is -0.145. The number of benzene rings is 2. The largest absolute Gasteiger partial charge is 0.493 e. The molecule has 9 nitrogen and oxygen atoms in total. The van der Waals surface area contributed by atoms with Crippen LogP contribution in [-0.2, 0) is 14.3 Å². The number of rotatable bonds is 10. The summed E-state index contributed by atoms with van der Waals surface area (Å²) in [6.45, 7) is 1.57. The first-order valence-corrected chi connectivity index (χ1v) is 9.85. The van der Waals surface area contributed by atoms with Gasteiger partial charge in [-0.2, -0.15) is 5.10 Å². The summed E-state index contributed by atoms with van der Waals surface area (Å²) in [6.07, 6.45) is 3.12. The Kier molecular flexibility index (Phi) is 7.96. The van der Waals surface area contributed by atoms with Crippen LogP contribution in [0.25, 0.3) is 10.9 Å². The molecule has 1 heterocycles. The Morgan fingerprint density at radius 3 is 2.66 bits per heavy atom. The zero-order valence-electron chi connectivity index (χ0n) is 17.7. The number of carbonyl (C=O) groups is 2. The predicted molar refractivity (Wildman–Crippen MR) is 118 cm³/mol. The van der Waals surface area contributed by atoms with Crippen LogP contribution in [0.15, 0.2) is 59.8 Å². The standard InChI is InChI=1S/C23H23N3O6/c1-3-30-22(28)15-32-18-10-9-16(12-20(18)29-2)13-25-26-21(27)14-31-19-8-4-6-17-7-5-11-24-23(17)19/h4-13H,3,14-15H2,1-2H3,(H,26,27)/b25-13+. The number of aromatic nitrogens is 1. The summed E-state index contributed by atoms with van der Waals surface area (Å²) in [7, 11) is 1.48. The van der Waals surface area contributed by atoms with Crippen molar-refractivity contribution in [1.82, 2.24) is 10.4 Å². The number of hydrogen-bond acceptors (Lipinski definition) is 8. The van der Waals surface area contributed by atoms with Crippen molar-refractivity contribution in [2.24, 2.45) is 5.10 Å². The summed E-state index contributed by atoms with van der Waals surface area (Å²) < 4.78 is 21.1. The normalized spacial score (nSPS) is 10.7. The highest BCUT2D eigenvalue weighted by atomic mass is 16.6. The molecular weight excluding hydrogens is 414 g/mol. The fourth-order valence-electron chi connectivity index (χ4n) is 2.77. The second-order valence-corrected chi connectivity index (χ2v) is 6.42. The van der Waals surface area contributed by atoms with E-state index >= 15 is 0 Å². The quantitative estimate of drug-likeness (QED) is 0.295. The first kappa shape index (κ1) is 22.5. The fraction of sp³-hybridized carbons (Fsp3) is 0.217. The highest BCUT2D eigenvalue weighted by Gasteiger charge is 2.09. The van der Waals surface area contributed by atoms with Gasteiger partial charge in [0.2, 0.25) is 0 Å². The number of pyridine rings is 1. The minimum atomic E-state index is -0.468. The van der Waals surface area contributed by atoms with Crippen LogP contribution in [-0.4, -0.2) is 50.0 Å². The van der Waals surface area contributed by atoms with Crippen LogP contribution in [0.3, 0.4) is 0 Å². The van der Waals surface area contributed by atoms with Crippen molar-refractivity contribution in [3.8, 4) is 17.2 Å². The predicted octanol–water partition coefficient (Wildman–Crippen LogP) is 2.71. The molecule has 1 aromatic heterocycles. The number of fused-ring (bicyclic) bond motifs is 1. The SMILES string of the molecule is CCOC(=O)COc1ccc(/C=N/NC(=O)COc2cccc3cccnc23)cc1OC. The van der Waals surface area contributed by atoms with E-state index < -0.39 is 11.9 Å². The molecule has 0 saturated heterocycles. The third-order valence-electron chi connectivity index (χ3n) is 4.20. The van der Waals surface area contributed by atoms with Crippen molar-refractivity contribution < 1.29 is 28.5 Å². The number of nitrogens with zero attached hydrogens (tertiary/aromatic N) is 2. The number of ether oxygens (including phenoxy) is 4. The molecule has 0 aliphatic heterocycles. The lowest BCUT2D eigenvalue weighted by Gasteiger charge is -2.10. The van der Waals surface area contributed by atoms with Crippen LogP contribution < -0.4 is 19.6 Å². The summed E-state index contributed by atoms with van der Waals surface area (Å²) in [4.78, 5) is 27.8. The Balaban J connectivity index is 1.53. The average Bonchev–Trinajstić information content (AvgIpc) is 2.82. The molecule has 1 N–H and O–H groups in total. The second kappa shape index (κ2) is 11.3. The zero-order valence-corrected chi connectivity index (χ0v) is 17.7. The van der Waals surface area contributed by atoms with Gasteiger partial charge in [0.05, 0.1) is 19.9 Å². The van der Waals surface area contributed by atoms with Crippen molar-refractivity contribution in [3.63, 3.8) is 0 Å². The Morgan fingerprint density at radius 1 is 1.03 bits per heavy atom. The van der Waals surface area contributed by atoms with Crippen LogP contribution in [0.5, 0.6) is 17.2 Å². The van der Waals surface area contributed by atoms with Crippen molar-refractivity contribution in [1.29, 1.82) is 0 Å². The maximum absolute atomic E-state index is 12.1. The van der Waals surface area contributed by atoms with Gasteiger partial charge in [-0.1, -0.05) is 18.2 Å². The molecule has 3 aromatic rings. The van der Waals surface area contributed by atoms with Gasteiger partial charge in [-0.25, -0.2) is 10.2 Å². The van der Waals surface area contributed by atoms with Crippen molar-refractivity contribution in [3.05, 3.63) is 60.3 Å². The van der Waals surface area contributed by atoms with E-state index in [4.69, 9.17) is 18.9 Å². The van der Waals surface area contributed by atoms with Gasteiger partial charge in [-0.15, -0.1) is 0 Å². The highest BCUT2D eigenvalue weighted by molar-refractivity contribution is 5.86. The molecule has 0 saturated carbocycles. The van der Waals surface area contributed by atoms with Gasteiger partial charge in [0.25, 0.3) is 5.91 Å². The number of hydrazone groups is 1. The van der Waals surface area contributed by atoms with E-state index in [1.165, 1.54) is 13.3 Å². The average molecular weight is 437 g/mol. The number of esters is 1. The molecule has 9 heteroatoms. The molecule has 0 spiro atoms. The number of nitrogens with one attached hydrogen (secondary N) is 1. The Morgan fingerprint density at radius 2 is 1.84 bits per heavy atom. The number of methoxy groups -OCH3 is 1. The number of hydrogen-bond donors (Lipinski definition) is 1. The van der Waals surface area contributed by atoms with Crippen LogP contribution in [0, 0.1) is 0 Å².